The van der Waals surface area contributed by atoms with Gasteiger partial charge in [0, 0.05) is 5.56 Å². The molecule has 0 radical (unpaired) electrons. The first kappa shape index (κ1) is 18.8. The number of rotatable bonds is 4. The van der Waals surface area contributed by atoms with Crippen LogP contribution >= 0.6 is 0 Å². The first-order chi connectivity index (χ1) is 13.7. The van der Waals surface area contributed by atoms with Crippen LogP contribution in [-0.4, -0.2) is 12.7 Å². The van der Waals surface area contributed by atoms with E-state index in [0.29, 0.717) is 16.9 Å². The Morgan fingerprint density at radius 2 is 1.64 bits per heavy atom. The molecule has 1 N–H and O–H groups in total. The summed E-state index contributed by atoms with van der Waals surface area (Å²) in [6.45, 7) is 1.85. The molecule has 0 fully saturated rings. The molecule has 0 saturated carbocycles. The van der Waals surface area contributed by atoms with Gasteiger partial charge >= 0.3 is 6.09 Å². The van der Waals surface area contributed by atoms with E-state index in [2.05, 4.69) is 17.5 Å². The van der Waals surface area contributed by atoms with Crippen molar-refractivity contribution in [2.75, 3.05) is 6.61 Å². The molecule has 0 saturated heterocycles. The third-order valence-electron chi connectivity index (χ3n) is 4.17. The van der Waals surface area contributed by atoms with Gasteiger partial charge in [-0.2, -0.15) is 10.5 Å². The van der Waals surface area contributed by atoms with Gasteiger partial charge in [-0.1, -0.05) is 60.7 Å². The Kier molecular flexibility index (Phi) is 5.74. The molecular weight excluding hydrogens is 354 g/mol. The second kappa shape index (κ2) is 8.57. The molecule has 1 heterocycles. The van der Waals surface area contributed by atoms with Gasteiger partial charge in [0.1, 0.15) is 11.6 Å². The number of nitriles is 2. The van der Waals surface area contributed by atoms with E-state index in [1.54, 1.807) is 19.1 Å². The number of amides is 1. The number of nitrogens with one attached hydrogen (secondary N) is 1. The minimum absolute atomic E-state index is 0.0346. The van der Waals surface area contributed by atoms with Crippen molar-refractivity contribution < 1.29 is 14.3 Å². The molecule has 0 aromatic heterocycles. The number of alkyl carbamates (subject to hydrolysis) is 1. The van der Waals surface area contributed by atoms with Gasteiger partial charge in [-0.05, 0) is 12.5 Å². The van der Waals surface area contributed by atoms with Crippen LogP contribution in [0.1, 0.15) is 24.0 Å². The average Bonchev–Trinajstić information content (AvgIpc) is 2.74. The number of nitrogens with zero attached hydrogens (tertiary/aromatic N) is 2. The molecule has 6 heteroatoms. The molecule has 1 aliphatic heterocycles. The molecule has 1 atom stereocenters. The minimum atomic E-state index is -0.732. The summed E-state index contributed by atoms with van der Waals surface area (Å²) in [6.07, 6.45) is -0.732. The SMILES string of the molecule is CCOC(=O)NC1=C(C#N)C(c2ccccc2)C(C#N)=C(c2ccccc2)O1. The summed E-state index contributed by atoms with van der Waals surface area (Å²) in [6, 6.07) is 22.5. The van der Waals surface area contributed by atoms with E-state index in [0.717, 1.165) is 5.56 Å². The Hall–Kier alpha value is -4.03. The second-order valence-corrected chi connectivity index (χ2v) is 5.87. The zero-order valence-corrected chi connectivity index (χ0v) is 15.2. The molecular formula is C22H17N3O3. The molecule has 3 rings (SSSR count). The molecule has 2 aromatic rings. The Morgan fingerprint density at radius 1 is 1.04 bits per heavy atom. The first-order valence-electron chi connectivity index (χ1n) is 8.70. The van der Waals surface area contributed by atoms with Gasteiger partial charge in [-0.25, -0.2) is 4.79 Å². The van der Waals surface area contributed by atoms with Crippen LogP contribution in [0.5, 0.6) is 0 Å². The topological polar surface area (TPSA) is 95.1 Å². The van der Waals surface area contributed by atoms with Gasteiger partial charge in [0.2, 0.25) is 5.88 Å². The van der Waals surface area contributed by atoms with E-state index in [1.165, 1.54) is 0 Å². The van der Waals surface area contributed by atoms with E-state index in [4.69, 9.17) is 9.47 Å². The van der Waals surface area contributed by atoms with Crippen LogP contribution in [0, 0.1) is 22.7 Å². The third kappa shape index (κ3) is 3.72. The van der Waals surface area contributed by atoms with Gasteiger partial charge in [-0.3, -0.25) is 5.32 Å². The minimum Gasteiger partial charge on any atom is -0.450 e. The summed E-state index contributed by atoms with van der Waals surface area (Å²) in [7, 11) is 0. The molecule has 28 heavy (non-hydrogen) atoms. The fourth-order valence-corrected chi connectivity index (χ4v) is 2.98. The highest BCUT2D eigenvalue weighted by Crippen LogP contribution is 2.42. The maximum Gasteiger partial charge on any atom is 0.413 e. The molecule has 6 nitrogen and oxygen atoms in total. The monoisotopic (exact) mass is 371 g/mol. The van der Waals surface area contributed by atoms with Gasteiger partial charge in [-0.15, -0.1) is 0 Å². The molecule has 1 unspecified atom stereocenters. The van der Waals surface area contributed by atoms with Crippen molar-refractivity contribution in [2.24, 2.45) is 0 Å². The smallest absolute Gasteiger partial charge is 0.413 e. The maximum absolute atomic E-state index is 12.0. The van der Waals surface area contributed by atoms with Crippen LogP contribution in [0.15, 0.2) is 77.7 Å². The number of ether oxygens (including phenoxy) is 2. The Bertz CT molecular complexity index is 1010. The number of hydrogen-bond donors (Lipinski definition) is 1. The van der Waals surface area contributed by atoms with Gasteiger partial charge in [0.05, 0.1) is 24.2 Å². The molecule has 2 aromatic carbocycles. The van der Waals surface area contributed by atoms with Crippen molar-refractivity contribution in [3.8, 4) is 12.1 Å². The van der Waals surface area contributed by atoms with E-state index in [-0.39, 0.29) is 18.1 Å². The zero-order chi connectivity index (χ0) is 19.9. The normalized spacial score (nSPS) is 15.9. The van der Waals surface area contributed by atoms with Crippen LogP contribution in [0.2, 0.25) is 0 Å². The van der Waals surface area contributed by atoms with Crippen LogP contribution in [0.3, 0.4) is 0 Å². The lowest BCUT2D eigenvalue weighted by Crippen LogP contribution is -2.30. The summed E-state index contributed by atoms with van der Waals surface area (Å²) >= 11 is 0. The Morgan fingerprint density at radius 3 is 2.21 bits per heavy atom. The highest BCUT2D eigenvalue weighted by Gasteiger charge is 2.35. The van der Waals surface area contributed by atoms with Crippen molar-refractivity contribution in [3.63, 3.8) is 0 Å². The van der Waals surface area contributed by atoms with Crippen LogP contribution in [-0.2, 0) is 9.47 Å². The van der Waals surface area contributed by atoms with Gasteiger partial charge < -0.3 is 9.47 Å². The van der Waals surface area contributed by atoms with Crippen molar-refractivity contribution in [1.82, 2.24) is 5.32 Å². The van der Waals surface area contributed by atoms with E-state index >= 15 is 0 Å². The van der Waals surface area contributed by atoms with Crippen LogP contribution in [0.25, 0.3) is 5.76 Å². The highest BCUT2D eigenvalue weighted by atomic mass is 16.6. The van der Waals surface area contributed by atoms with Crippen LogP contribution < -0.4 is 5.32 Å². The number of benzene rings is 2. The second-order valence-electron chi connectivity index (χ2n) is 5.87. The van der Waals surface area contributed by atoms with E-state index in [1.807, 2.05) is 48.5 Å². The molecule has 0 aliphatic carbocycles. The van der Waals surface area contributed by atoms with E-state index in [9.17, 15) is 15.3 Å². The van der Waals surface area contributed by atoms with Crippen molar-refractivity contribution in [1.29, 1.82) is 10.5 Å². The number of carbonyl (C=O) groups excluding carboxylic acids is 1. The quantitative estimate of drug-likeness (QED) is 0.868. The molecule has 0 bridgehead atoms. The van der Waals surface area contributed by atoms with Gasteiger partial charge in [0.25, 0.3) is 0 Å². The lowest BCUT2D eigenvalue weighted by molar-refractivity contribution is 0.148. The summed E-state index contributed by atoms with van der Waals surface area (Å²) in [5, 5.41) is 22.2. The summed E-state index contributed by atoms with van der Waals surface area (Å²) < 4.78 is 10.8. The fraction of sp³-hybridized carbons (Fsp3) is 0.136. The van der Waals surface area contributed by atoms with E-state index < -0.39 is 12.0 Å². The van der Waals surface area contributed by atoms with Crippen molar-refractivity contribution >= 4 is 11.9 Å². The Balaban J connectivity index is 2.19. The summed E-state index contributed by atoms with van der Waals surface area (Å²) in [4.78, 5) is 12.0. The van der Waals surface area contributed by atoms with Crippen molar-refractivity contribution in [2.45, 2.75) is 12.8 Å². The lowest BCUT2D eigenvalue weighted by Gasteiger charge is -2.27. The highest BCUT2D eigenvalue weighted by molar-refractivity contribution is 5.76. The molecule has 1 amide bonds. The molecule has 1 aliphatic rings. The van der Waals surface area contributed by atoms with Crippen molar-refractivity contribution in [3.05, 3.63) is 88.8 Å². The summed E-state index contributed by atoms with van der Waals surface area (Å²) in [5.74, 6) is -0.410. The van der Waals surface area contributed by atoms with Crippen LogP contribution in [0.4, 0.5) is 4.79 Å². The predicted octanol–water partition coefficient (Wildman–Crippen LogP) is 4.22. The predicted molar refractivity (Wildman–Crippen MR) is 102 cm³/mol. The summed E-state index contributed by atoms with van der Waals surface area (Å²) in [5.41, 5.74) is 1.84. The van der Waals surface area contributed by atoms with Gasteiger partial charge in [0.15, 0.2) is 5.76 Å². The first-order valence-corrected chi connectivity index (χ1v) is 8.70. The zero-order valence-electron chi connectivity index (χ0n) is 15.2. The fourth-order valence-electron chi connectivity index (χ4n) is 2.98. The Labute approximate surface area is 162 Å². The number of allylic oxidation sites excluding steroid dienone is 2. The lowest BCUT2D eigenvalue weighted by atomic mass is 9.82. The third-order valence-corrected chi connectivity index (χ3v) is 4.17. The largest absolute Gasteiger partial charge is 0.450 e. The number of hydrogen-bond acceptors (Lipinski definition) is 5. The standard InChI is InChI=1S/C22H17N3O3/c1-2-27-22(26)25-21-18(14-24)19(15-9-5-3-6-10-15)17(13-23)20(28-21)16-11-7-4-8-12-16/h3-12,19H,2H2,1H3,(H,25,26). The molecule has 0 spiro atoms. The average molecular weight is 371 g/mol. The number of carbonyl (C=O) groups is 1. The maximum atomic E-state index is 12.0. The molecule has 138 valence electrons.